The minimum absolute atomic E-state index is 0.206. The lowest BCUT2D eigenvalue weighted by Gasteiger charge is -2.20. The number of benzene rings is 2. The zero-order valence-corrected chi connectivity index (χ0v) is 13.8. The Morgan fingerprint density at radius 3 is 2.41 bits per heavy atom. The van der Waals surface area contributed by atoms with Gasteiger partial charge in [-0.2, -0.15) is 0 Å². The van der Waals surface area contributed by atoms with Crippen LogP contribution in [-0.4, -0.2) is 6.10 Å². The molecule has 1 nitrogen and oxygen atoms in total. The maximum Gasteiger partial charge on any atom is 0.119 e. The second-order valence-corrected chi connectivity index (χ2v) is 6.58. The van der Waals surface area contributed by atoms with Gasteiger partial charge in [0.2, 0.25) is 0 Å². The van der Waals surface area contributed by atoms with E-state index in [1.54, 1.807) is 0 Å². The minimum Gasteiger partial charge on any atom is -0.491 e. The summed E-state index contributed by atoms with van der Waals surface area (Å²) in [6.45, 7) is 8.64. The van der Waals surface area contributed by atoms with Gasteiger partial charge in [-0.15, -0.1) is 0 Å². The number of allylic oxidation sites excluding steroid dienone is 1. The van der Waals surface area contributed by atoms with E-state index in [0.29, 0.717) is 11.8 Å². The molecule has 0 fully saturated rings. The molecular weight excluding hydrogens is 268 g/mol. The molecule has 2 aromatic carbocycles. The first-order valence-electron chi connectivity index (χ1n) is 8.14. The second kappa shape index (κ2) is 6.00. The Bertz CT molecular complexity index is 695. The van der Waals surface area contributed by atoms with Gasteiger partial charge in [-0.3, -0.25) is 0 Å². The third-order valence-electron chi connectivity index (χ3n) is 4.19. The lowest BCUT2D eigenvalue weighted by Crippen LogP contribution is -2.08. The molecule has 0 aliphatic heterocycles. The summed E-state index contributed by atoms with van der Waals surface area (Å²) >= 11 is 0. The molecular formula is C21H24O. The van der Waals surface area contributed by atoms with E-state index < -0.39 is 0 Å². The standard InChI is InChI=1S/C21H24O/c1-14(2)21-13-17(22-15(3)4)10-12-20(21)19-11-9-16-7-5-6-8-18(16)19/h5-15,19H,1-4H3. The maximum absolute atomic E-state index is 5.87. The Kier molecular flexibility index (Phi) is 4.06. The summed E-state index contributed by atoms with van der Waals surface area (Å²) in [5, 5.41) is 0. The van der Waals surface area contributed by atoms with Crippen LogP contribution in [0.15, 0.2) is 48.5 Å². The van der Waals surface area contributed by atoms with E-state index in [1.807, 2.05) is 0 Å². The van der Waals surface area contributed by atoms with Crippen molar-refractivity contribution in [2.45, 2.75) is 45.6 Å². The maximum atomic E-state index is 5.87. The van der Waals surface area contributed by atoms with Crippen LogP contribution in [0.1, 0.15) is 61.8 Å². The second-order valence-electron chi connectivity index (χ2n) is 6.58. The Balaban J connectivity index is 2.03. The smallest absolute Gasteiger partial charge is 0.119 e. The fourth-order valence-electron chi connectivity index (χ4n) is 3.20. The highest BCUT2D eigenvalue weighted by Crippen LogP contribution is 2.39. The summed E-state index contributed by atoms with van der Waals surface area (Å²) < 4.78 is 5.87. The third-order valence-corrected chi connectivity index (χ3v) is 4.19. The van der Waals surface area contributed by atoms with Crippen molar-refractivity contribution in [3.05, 3.63) is 70.8 Å². The van der Waals surface area contributed by atoms with E-state index in [1.165, 1.54) is 22.3 Å². The highest BCUT2D eigenvalue weighted by atomic mass is 16.5. The van der Waals surface area contributed by atoms with E-state index in [0.717, 1.165) is 5.75 Å². The number of ether oxygens (including phenoxy) is 1. The molecule has 1 aliphatic carbocycles. The summed E-state index contributed by atoms with van der Waals surface area (Å²) in [6, 6.07) is 15.2. The third kappa shape index (κ3) is 2.81. The fraction of sp³-hybridized carbons (Fsp3) is 0.333. The molecule has 0 amide bonds. The van der Waals surface area contributed by atoms with Gasteiger partial charge in [0.1, 0.15) is 5.75 Å². The summed E-state index contributed by atoms with van der Waals surface area (Å²) in [5.74, 6) is 1.81. The molecule has 1 heteroatoms. The molecule has 0 radical (unpaired) electrons. The van der Waals surface area contributed by atoms with E-state index in [4.69, 9.17) is 4.74 Å². The van der Waals surface area contributed by atoms with Crippen molar-refractivity contribution in [2.24, 2.45) is 0 Å². The Labute approximate surface area is 133 Å². The molecule has 0 N–H and O–H groups in total. The van der Waals surface area contributed by atoms with Crippen molar-refractivity contribution in [2.75, 3.05) is 0 Å². The zero-order valence-electron chi connectivity index (χ0n) is 13.8. The van der Waals surface area contributed by atoms with Gasteiger partial charge in [0.25, 0.3) is 0 Å². The van der Waals surface area contributed by atoms with Crippen LogP contribution >= 0.6 is 0 Å². The number of hydrogen-bond acceptors (Lipinski definition) is 1. The van der Waals surface area contributed by atoms with Crippen LogP contribution in [0, 0.1) is 0 Å². The van der Waals surface area contributed by atoms with Crippen molar-refractivity contribution in [3.63, 3.8) is 0 Å². The van der Waals surface area contributed by atoms with E-state index in [2.05, 4.69) is 82.3 Å². The van der Waals surface area contributed by atoms with Crippen molar-refractivity contribution in [3.8, 4) is 5.75 Å². The normalized spacial score (nSPS) is 16.4. The minimum atomic E-state index is 0.206. The molecule has 0 spiro atoms. The molecule has 0 saturated heterocycles. The van der Waals surface area contributed by atoms with Crippen LogP contribution in [-0.2, 0) is 0 Å². The van der Waals surface area contributed by atoms with Gasteiger partial charge in [0.15, 0.2) is 0 Å². The molecule has 1 aliphatic rings. The van der Waals surface area contributed by atoms with Gasteiger partial charge >= 0.3 is 0 Å². The molecule has 2 aromatic rings. The molecule has 3 rings (SSSR count). The molecule has 114 valence electrons. The van der Waals surface area contributed by atoms with E-state index in [9.17, 15) is 0 Å². The van der Waals surface area contributed by atoms with Crippen molar-refractivity contribution < 1.29 is 4.74 Å². The van der Waals surface area contributed by atoms with Gasteiger partial charge in [0, 0.05) is 5.92 Å². The van der Waals surface area contributed by atoms with Crippen LogP contribution in [0.2, 0.25) is 0 Å². The quantitative estimate of drug-likeness (QED) is 0.696. The lowest BCUT2D eigenvalue weighted by atomic mass is 9.86. The Hall–Kier alpha value is -2.02. The summed E-state index contributed by atoms with van der Waals surface area (Å²) in [5.41, 5.74) is 5.52. The van der Waals surface area contributed by atoms with Crippen molar-refractivity contribution in [1.29, 1.82) is 0 Å². The number of fused-ring (bicyclic) bond motifs is 1. The van der Waals surface area contributed by atoms with Crippen LogP contribution in [0.4, 0.5) is 0 Å². The molecule has 0 aromatic heterocycles. The number of hydrogen-bond donors (Lipinski definition) is 0. The van der Waals surface area contributed by atoms with Gasteiger partial charge < -0.3 is 4.74 Å². The van der Waals surface area contributed by atoms with Crippen LogP contribution in [0.3, 0.4) is 0 Å². The highest BCUT2D eigenvalue weighted by Gasteiger charge is 2.22. The molecule has 0 bridgehead atoms. The number of rotatable bonds is 4. The summed E-state index contributed by atoms with van der Waals surface area (Å²) in [4.78, 5) is 0. The predicted molar refractivity (Wildman–Crippen MR) is 93.6 cm³/mol. The average Bonchev–Trinajstić information content (AvgIpc) is 2.90. The van der Waals surface area contributed by atoms with Gasteiger partial charge in [0.05, 0.1) is 6.10 Å². The van der Waals surface area contributed by atoms with Gasteiger partial charge in [-0.1, -0.05) is 56.3 Å². The van der Waals surface area contributed by atoms with Crippen molar-refractivity contribution in [1.82, 2.24) is 0 Å². The topological polar surface area (TPSA) is 9.23 Å². The molecule has 0 heterocycles. The first kappa shape index (κ1) is 14.9. The molecule has 22 heavy (non-hydrogen) atoms. The molecule has 1 unspecified atom stereocenters. The fourth-order valence-corrected chi connectivity index (χ4v) is 3.20. The monoisotopic (exact) mass is 292 g/mol. The summed E-state index contributed by atoms with van der Waals surface area (Å²) in [7, 11) is 0. The molecule has 1 atom stereocenters. The first-order valence-corrected chi connectivity index (χ1v) is 8.14. The molecule has 0 saturated carbocycles. The van der Waals surface area contributed by atoms with Crippen molar-refractivity contribution >= 4 is 6.08 Å². The van der Waals surface area contributed by atoms with Crippen LogP contribution in [0.25, 0.3) is 6.08 Å². The largest absolute Gasteiger partial charge is 0.491 e. The van der Waals surface area contributed by atoms with Crippen LogP contribution < -0.4 is 4.74 Å². The van der Waals surface area contributed by atoms with E-state index >= 15 is 0 Å². The Morgan fingerprint density at radius 1 is 0.909 bits per heavy atom. The highest BCUT2D eigenvalue weighted by molar-refractivity contribution is 5.66. The average molecular weight is 292 g/mol. The van der Waals surface area contributed by atoms with Crippen LogP contribution in [0.5, 0.6) is 5.75 Å². The SMILES string of the molecule is CC(C)Oc1ccc(C2C=Cc3ccccc32)c(C(C)C)c1. The zero-order chi connectivity index (χ0) is 15.7. The Morgan fingerprint density at radius 2 is 1.68 bits per heavy atom. The lowest BCUT2D eigenvalue weighted by molar-refractivity contribution is 0.242. The first-order chi connectivity index (χ1) is 10.6. The van der Waals surface area contributed by atoms with Gasteiger partial charge in [-0.05, 0) is 54.2 Å². The van der Waals surface area contributed by atoms with E-state index in [-0.39, 0.29) is 6.10 Å². The summed E-state index contributed by atoms with van der Waals surface area (Å²) in [6.07, 6.45) is 4.76. The van der Waals surface area contributed by atoms with Gasteiger partial charge in [-0.25, -0.2) is 0 Å². The predicted octanol–water partition coefficient (Wildman–Crippen LogP) is 5.76.